The van der Waals surface area contributed by atoms with Gasteiger partial charge in [-0.3, -0.25) is 4.79 Å². The molecule has 1 amide bonds. The third-order valence-electron chi connectivity index (χ3n) is 6.65. The molecule has 0 spiro atoms. The summed E-state index contributed by atoms with van der Waals surface area (Å²) >= 11 is 12.3. The van der Waals surface area contributed by atoms with Gasteiger partial charge in [-0.25, -0.2) is 0 Å². The zero-order chi connectivity index (χ0) is 22.4. The number of amides is 1. The van der Waals surface area contributed by atoms with E-state index in [4.69, 9.17) is 28.9 Å². The number of halogens is 2. The maximum atomic E-state index is 11.9. The Morgan fingerprint density at radius 2 is 1.77 bits per heavy atom. The van der Waals surface area contributed by atoms with Crippen molar-refractivity contribution >= 4 is 29.1 Å². The Bertz CT molecular complexity index is 866. The summed E-state index contributed by atoms with van der Waals surface area (Å²) in [5.41, 5.74) is 8.14. The van der Waals surface area contributed by atoms with Crippen LogP contribution in [0, 0.1) is 0 Å². The highest BCUT2D eigenvalue weighted by atomic mass is 35.5. The van der Waals surface area contributed by atoms with Gasteiger partial charge in [-0.2, -0.15) is 0 Å². The van der Waals surface area contributed by atoms with Crippen molar-refractivity contribution in [2.24, 2.45) is 5.73 Å². The molecule has 2 unspecified atom stereocenters. The van der Waals surface area contributed by atoms with Crippen LogP contribution in [0.4, 0.5) is 0 Å². The zero-order valence-electron chi connectivity index (χ0n) is 18.4. The molecular weight excluding hydrogens is 429 g/mol. The highest BCUT2D eigenvalue weighted by Gasteiger charge is 2.37. The van der Waals surface area contributed by atoms with Gasteiger partial charge >= 0.3 is 0 Å². The first kappa shape index (κ1) is 24.1. The Morgan fingerprint density at radius 3 is 2.35 bits per heavy atom. The van der Waals surface area contributed by atoms with E-state index >= 15 is 0 Å². The van der Waals surface area contributed by atoms with Crippen LogP contribution in [0.3, 0.4) is 0 Å². The summed E-state index contributed by atoms with van der Waals surface area (Å²) in [6.45, 7) is 6.39. The lowest BCUT2D eigenvalue weighted by atomic mass is 9.80. The number of nitrogens with one attached hydrogen (secondary N) is 1. The third kappa shape index (κ3) is 6.01. The fourth-order valence-corrected chi connectivity index (χ4v) is 5.04. The summed E-state index contributed by atoms with van der Waals surface area (Å²) in [7, 11) is 0. The molecule has 3 rings (SSSR count). The van der Waals surface area contributed by atoms with E-state index in [-0.39, 0.29) is 17.4 Å². The molecule has 1 aliphatic heterocycles. The van der Waals surface area contributed by atoms with Crippen molar-refractivity contribution in [3.05, 3.63) is 69.7 Å². The minimum absolute atomic E-state index is 0.0257. The molecule has 6 heteroatoms. The van der Waals surface area contributed by atoms with Crippen LogP contribution in [0.25, 0.3) is 0 Å². The van der Waals surface area contributed by atoms with Crippen molar-refractivity contribution in [1.29, 1.82) is 0 Å². The van der Waals surface area contributed by atoms with Gasteiger partial charge in [-0.1, -0.05) is 59.6 Å². The second kappa shape index (κ2) is 10.8. The average molecular weight is 462 g/mol. The predicted molar refractivity (Wildman–Crippen MR) is 130 cm³/mol. The van der Waals surface area contributed by atoms with Gasteiger partial charge in [0.25, 0.3) is 0 Å². The standard InChI is InChI=1S/C25H33Cl2N3O/c1-18(8-9-21(17-28)20-10-11-23(26)24(27)16-20)30-14-12-25(13-15-30,29-19(2)31)22-6-4-3-5-7-22/h3-7,10-11,16,18,21H,8-9,12-15,17,28H2,1-2H3,(H,29,31). The van der Waals surface area contributed by atoms with E-state index in [0.717, 1.165) is 44.3 Å². The molecule has 3 N–H and O–H groups in total. The number of benzene rings is 2. The van der Waals surface area contributed by atoms with Crippen molar-refractivity contribution < 1.29 is 4.79 Å². The van der Waals surface area contributed by atoms with Crippen molar-refractivity contribution in [3.63, 3.8) is 0 Å². The summed E-state index contributed by atoms with van der Waals surface area (Å²) in [6, 6.07) is 16.6. The fraction of sp³-hybridized carbons (Fsp3) is 0.480. The molecule has 2 aromatic carbocycles. The van der Waals surface area contributed by atoms with Crippen LogP contribution in [-0.2, 0) is 10.3 Å². The van der Waals surface area contributed by atoms with E-state index < -0.39 is 0 Å². The normalized spacial score (nSPS) is 18.4. The first-order valence-corrected chi connectivity index (χ1v) is 11.8. The molecule has 31 heavy (non-hydrogen) atoms. The number of nitrogens with zero attached hydrogens (tertiary/aromatic N) is 1. The van der Waals surface area contributed by atoms with Gasteiger partial charge in [0.2, 0.25) is 5.91 Å². The summed E-state index contributed by atoms with van der Waals surface area (Å²) < 4.78 is 0. The molecule has 1 fully saturated rings. The first-order chi connectivity index (χ1) is 14.8. The molecule has 1 saturated heterocycles. The summed E-state index contributed by atoms with van der Waals surface area (Å²) in [4.78, 5) is 14.5. The van der Waals surface area contributed by atoms with Crippen molar-refractivity contribution in [2.45, 2.75) is 57.0 Å². The van der Waals surface area contributed by atoms with E-state index in [1.807, 2.05) is 36.4 Å². The smallest absolute Gasteiger partial charge is 0.217 e. The van der Waals surface area contributed by atoms with Crippen molar-refractivity contribution in [3.8, 4) is 0 Å². The quantitative estimate of drug-likeness (QED) is 0.558. The average Bonchev–Trinajstić information content (AvgIpc) is 2.77. The number of carbonyl (C=O) groups excluding carboxylic acids is 1. The van der Waals surface area contributed by atoms with Crippen LogP contribution in [0.15, 0.2) is 48.5 Å². The van der Waals surface area contributed by atoms with Gasteiger partial charge in [-0.15, -0.1) is 0 Å². The minimum atomic E-state index is -0.275. The number of nitrogens with two attached hydrogens (primary N) is 1. The summed E-state index contributed by atoms with van der Waals surface area (Å²) in [5, 5.41) is 4.41. The Labute approximate surface area is 196 Å². The molecule has 0 aromatic heterocycles. The van der Waals surface area contributed by atoms with Gasteiger partial charge in [-0.05, 0) is 68.3 Å². The lowest BCUT2D eigenvalue weighted by molar-refractivity contribution is -0.121. The second-order valence-corrected chi connectivity index (χ2v) is 9.51. The molecule has 2 aromatic rings. The molecular formula is C25H33Cl2N3O. The number of likely N-dealkylation sites (tertiary alicyclic amines) is 1. The zero-order valence-corrected chi connectivity index (χ0v) is 19.9. The fourth-order valence-electron chi connectivity index (χ4n) is 4.74. The summed E-state index contributed by atoms with van der Waals surface area (Å²) in [5.74, 6) is 0.294. The van der Waals surface area contributed by atoms with E-state index in [0.29, 0.717) is 22.6 Å². The number of piperidine rings is 1. The third-order valence-corrected chi connectivity index (χ3v) is 7.39. The molecule has 0 saturated carbocycles. The van der Waals surface area contributed by atoms with Gasteiger partial charge < -0.3 is 16.0 Å². The van der Waals surface area contributed by atoms with Crippen LogP contribution in [0.5, 0.6) is 0 Å². The van der Waals surface area contributed by atoms with E-state index in [1.54, 1.807) is 6.92 Å². The number of hydrogen-bond acceptors (Lipinski definition) is 3. The van der Waals surface area contributed by atoms with Crippen LogP contribution >= 0.6 is 23.2 Å². The molecule has 1 aliphatic rings. The Hall–Kier alpha value is -1.59. The number of carbonyl (C=O) groups is 1. The molecule has 1 heterocycles. The lowest BCUT2D eigenvalue weighted by Gasteiger charge is -2.44. The van der Waals surface area contributed by atoms with Crippen LogP contribution < -0.4 is 11.1 Å². The predicted octanol–water partition coefficient (Wildman–Crippen LogP) is 5.33. The number of rotatable bonds is 8. The highest BCUT2D eigenvalue weighted by Crippen LogP contribution is 2.35. The maximum absolute atomic E-state index is 11.9. The van der Waals surface area contributed by atoms with Gasteiger partial charge in [0.15, 0.2) is 0 Å². The van der Waals surface area contributed by atoms with Crippen LogP contribution in [0.2, 0.25) is 10.0 Å². The Kier molecular flexibility index (Phi) is 8.40. The lowest BCUT2D eigenvalue weighted by Crippen LogP contribution is -2.54. The molecule has 0 radical (unpaired) electrons. The molecule has 168 valence electrons. The van der Waals surface area contributed by atoms with Gasteiger partial charge in [0.1, 0.15) is 0 Å². The van der Waals surface area contributed by atoms with Gasteiger partial charge in [0, 0.05) is 26.1 Å². The number of hydrogen-bond donors (Lipinski definition) is 2. The first-order valence-electron chi connectivity index (χ1n) is 11.1. The van der Waals surface area contributed by atoms with E-state index in [2.05, 4.69) is 29.3 Å². The maximum Gasteiger partial charge on any atom is 0.217 e. The molecule has 2 atom stereocenters. The van der Waals surface area contributed by atoms with Crippen LogP contribution in [-0.4, -0.2) is 36.5 Å². The van der Waals surface area contributed by atoms with E-state index in [9.17, 15) is 4.79 Å². The Balaban J connectivity index is 1.60. The molecule has 0 bridgehead atoms. The topological polar surface area (TPSA) is 58.4 Å². The van der Waals surface area contributed by atoms with E-state index in [1.165, 1.54) is 5.56 Å². The van der Waals surface area contributed by atoms with Crippen molar-refractivity contribution in [2.75, 3.05) is 19.6 Å². The molecule has 4 nitrogen and oxygen atoms in total. The highest BCUT2D eigenvalue weighted by molar-refractivity contribution is 6.42. The SMILES string of the molecule is CC(=O)NC1(c2ccccc2)CCN(C(C)CCC(CN)c2ccc(Cl)c(Cl)c2)CC1. The monoisotopic (exact) mass is 461 g/mol. The van der Waals surface area contributed by atoms with Gasteiger partial charge in [0.05, 0.1) is 15.6 Å². The second-order valence-electron chi connectivity index (χ2n) is 8.70. The Morgan fingerprint density at radius 1 is 1.10 bits per heavy atom. The van der Waals surface area contributed by atoms with Crippen molar-refractivity contribution in [1.82, 2.24) is 10.2 Å². The van der Waals surface area contributed by atoms with Crippen LogP contribution in [0.1, 0.15) is 56.6 Å². The minimum Gasteiger partial charge on any atom is -0.347 e. The largest absolute Gasteiger partial charge is 0.347 e. The molecule has 0 aliphatic carbocycles. The summed E-state index contributed by atoms with van der Waals surface area (Å²) in [6.07, 6.45) is 3.88.